The average molecular weight is 319 g/mol. The van der Waals surface area contributed by atoms with Gasteiger partial charge in [0.25, 0.3) is 0 Å². The average Bonchev–Trinajstić information content (AvgIpc) is 2.92. The van der Waals surface area contributed by atoms with Gasteiger partial charge in [-0.25, -0.2) is 4.98 Å². The molecule has 21 heavy (non-hydrogen) atoms. The minimum absolute atomic E-state index is 0.100. The van der Waals surface area contributed by atoms with E-state index in [2.05, 4.69) is 10.3 Å². The van der Waals surface area contributed by atoms with Gasteiger partial charge in [-0.3, -0.25) is 0 Å². The molecule has 3 N–H and O–H groups in total. The van der Waals surface area contributed by atoms with Gasteiger partial charge in [-0.2, -0.15) is 0 Å². The summed E-state index contributed by atoms with van der Waals surface area (Å²) in [6, 6.07) is 11.7. The van der Waals surface area contributed by atoms with E-state index in [0.717, 1.165) is 10.6 Å². The number of anilines is 2. The first-order valence-electron chi connectivity index (χ1n) is 6.12. The van der Waals surface area contributed by atoms with Crippen LogP contribution in [-0.4, -0.2) is 15.2 Å². The van der Waals surface area contributed by atoms with Gasteiger partial charge in [-0.15, -0.1) is 0 Å². The number of hydrogen-bond donors (Lipinski definition) is 3. The molecule has 0 aliphatic heterocycles. The zero-order chi connectivity index (χ0) is 14.8. The van der Waals surface area contributed by atoms with Crippen LogP contribution >= 0.6 is 22.9 Å². The molecule has 3 aromatic rings. The summed E-state index contributed by atoms with van der Waals surface area (Å²) >= 11 is 7.22. The fourth-order valence-electron chi connectivity index (χ4n) is 1.83. The lowest BCUT2D eigenvalue weighted by Gasteiger charge is -2.03. The summed E-state index contributed by atoms with van der Waals surface area (Å²) in [4.78, 5) is 5.03. The lowest BCUT2D eigenvalue weighted by atomic mass is 10.1. The highest BCUT2D eigenvalue weighted by Crippen LogP contribution is 2.37. The van der Waals surface area contributed by atoms with Crippen molar-refractivity contribution in [1.29, 1.82) is 0 Å². The molecule has 0 amide bonds. The highest BCUT2D eigenvalue weighted by atomic mass is 35.5. The van der Waals surface area contributed by atoms with E-state index < -0.39 is 0 Å². The van der Waals surface area contributed by atoms with Crippen LogP contribution in [0.5, 0.6) is 11.5 Å². The number of aromatic hydroxyl groups is 2. The molecule has 0 fully saturated rings. The number of aromatic nitrogens is 1. The molecule has 0 radical (unpaired) electrons. The van der Waals surface area contributed by atoms with Crippen molar-refractivity contribution in [3.63, 3.8) is 0 Å². The minimum Gasteiger partial charge on any atom is -0.508 e. The molecule has 0 saturated carbocycles. The number of halogens is 1. The first kappa shape index (κ1) is 13.7. The van der Waals surface area contributed by atoms with Crippen molar-refractivity contribution in [1.82, 2.24) is 4.98 Å². The summed E-state index contributed by atoms with van der Waals surface area (Å²) in [7, 11) is 0. The Morgan fingerprint density at radius 1 is 1.05 bits per heavy atom. The summed E-state index contributed by atoms with van der Waals surface area (Å²) in [5, 5.41) is 23.9. The van der Waals surface area contributed by atoms with E-state index in [-0.39, 0.29) is 11.5 Å². The van der Waals surface area contributed by atoms with Crippen molar-refractivity contribution in [2.75, 3.05) is 5.32 Å². The lowest BCUT2D eigenvalue weighted by Crippen LogP contribution is -1.87. The van der Waals surface area contributed by atoms with Crippen molar-refractivity contribution >= 4 is 33.8 Å². The van der Waals surface area contributed by atoms with Gasteiger partial charge in [-0.1, -0.05) is 22.9 Å². The molecular formula is C15H11ClN2O2S. The van der Waals surface area contributed by atoms with Gasteiger partial charge in [0.2, 0.25) is 0 Å². The van der Waals surface area contributed by atoms with Gasteiger partial charge in [0.05, 0.1) is 4.88 Å². The zero-order valence-corrected chi connectivity index (χ0v) is 12.3. The first-order valence-corrected chi connectivity index (χ1v) is 7.32. The Labute approximate surface area is 130 Å². The van der Waals surface area contributed by atoms with Crippen molar-refractivity contribution in [2.45, 2.75) is 0 Å². The first-order chi connectivity index (χ1) is 10.1. The number of phenolic OH excluding ortho intramolecular Hbond substituents is 2. The lowest BCUT2D eigenvalue weighted by molar-refractivity contribution is 0.462. The molecule has 0 bridgehead atoms. The van der Waals surface area contributed by atoms with Crippen LogP contribution in [0.3, 0.4) is 0 Å². The maximum atomic E-state index is 9.85. The molecule has 106 valence electrons. The third kappa shape index (κ3) is 3.09. The Balaban J connectivity index is 1.86. The van der Waals surface area contributed by atoms with Gasteiger partial charge >= 0.3 is 0 Å². The van der Waals surface area contributed by atoms with Crippen LogP contribution in [-0.2, 0) is 0 Å². The number of thiazole rings is 1. The summed E-state index contributed by atoms with van der Waals surface area (Å²) < 4.78 is 0. The highest BCUT2D eigenvalue weighted by molar-refractivity contribution is 7.19. The molecule has 0 spiro atoms. The third-order valence-electron chi connectivity index (χ3n) is 2.85. The molecule has 0 aliphatic rings. The van der Waals surface area contributed by atoms with Crippen molar-refractivity contribution in [2.24, 2.45) is 0 Å². The Morgan fingerprint density at radius 3 is 2.57 bits per heavy atom. The maximum absolute atomic E-state index is 9.85. The number of rotatable bonds is 3. The van der Waals surface area contributed by atoms with Gasteiger partial charge in [0.1, 0.15) is 11.5 Å². The van der Waals surface area contributed by atoms with E-state index >= 15 is 0 Å². The molecule has 0 atom stereocenters. The van der Waals surface area contributed by atoms with Crippen LogP contribution in [0.4, 0.5) is 10.8 Å². The Kier molecular flexibility index (Phi) is 3.68. The number of nitrogens with one attached hydrogen (secondary N) is 1. The second-order valence-corrected chi connectivity index (χ2v) is 5.83. The molecule has 1 heterocycles. The van der Waals surface area contributed by atoms with Gasteiger partial charge in [0.15, 0.2) is 5.13 Å². The smallest absolute Gasteiger partial charge is 0.187 e. The van der Waals surface area contributed by atoms with Crippen LogP contribution < -0.4 is 5.32 Å². The molecule has 2 aromatic carbocycles. The van der Waals surface area contributed by atoms with E-state index in [4.69, 9.17) is 11.6 Å². The van der Waals surface area contributed by atoms with E-state index in [1.807, 2.05) is 12.1 Å². The fraction of sp³-hybridized carbons (Fsp3) is 0. The largest absolute Gasteiger partial charge is 0.508 e. The van der Waals surface area contributed by atoms with Crippen molar-refractivity contribution in [3.8, 4) is 21.9 Å². The van der Waals surface area contributed by atoms with Crippen LogP contribution in [0, 0.1) is 0 Å². The van der Waals surface area contributed by atoms with Gasteiger partial charge in [0, 0.05) is 22.5 Å². The molecule has 0 aliphatic carbocycles. The third-order valence-corrected chi connectivity index (χ3v) is 4.04. The molecule has 0 unspecified atom stereocenters. The summed E-state index contributed by atoms with van der Waals surface area (Å²) in [5.41, 5.74) is 1.43. The molecule has 0 saturated heterocycles. The maximum Gasteiger partial charge on any atom is 0.187 e. The molecule has 6 heteroatoms. The molecule has 3 rings (SSSR count). The molecular weight excluding hydrogens is 308 g/mol. The zero-order valence-electron chi connectivity index (χ0n) is 10.7. The second-order valence-electron chi connectivity index (χ2n) is 4.36. The second kappa shape index (κ2) is 5.63. The highest BCUT2D eigenvalue weighted by Gasteiger charge is 2.10. The SMILES string of the molecule is Oc1ccc(O)c(-c2cnc(Nc3ccc(Cl)cc3)s2)c1. The quantitative estimate of drug-likeness (QED) is 0.617. The summed E-state index contributed by atoms with van der Waals surface area (Å²) in [5.74, 6) is 0.206. The van der Waals surface area contributed by atoms with E-state index in [9.17, 15) is 10.2 Å². The Bertz CT molecular complexity index is 772. The van der Waals surface area contributed by atoms with Crippen LogP contribution in [0.1, 0.15) is 0 Å². The Morgan fingerprint density at radius 2 is 1.81 bits per heavy atom. The van der Waals surface area contributed by atoms with E-state index in [0.29, 0.717) is 15.7 Å². The number of hydrogen-bond acceptors (Lipinski definition) is 5. The predicted molar refractivity (Wildman–Crippen MR) is 85.6 cm³/mol. The van der Waals surface area contributed by atoms with Crippen LogP contribution in [0.15, 0.2) is 48.7 Å². The molecule has 1 aromatic heterocycles. The predicted octanol–water partition coefficient (Wildman–Crippen LogP) is 4.62. The number of benzene rings is 2. The Hall–Kier alpha value is -2.24. The molecule has 4 nitrogen and oxygen atoms in total. The normalized spacial score (nSPS) is 10.5. The number of phenols is 2. The summed E-state index contributed by atoms with van der Waals surface area (Å²) in [6.45, 7) is 0. The topological polar surface area (TPSA) is 65.4 Å². The van der Waals surface area contributed by atoms with Gasteiger partial charge in [-0.05, 0) is 42.5 Å². The standard InChI is InChI=1S/C15H11ClN2O2S/c16-9-1-3-10(4-2-9)18-15-17-8-14(21-15)12-7-11(19)5-6-13(12)20/h1-8,19-20H,(H,17,18). The van der Waals surface area contributed by atoms with Crippen molar-refractivity contribution in [3.05, 3.63) is 53.7 Å². The fourth-order valence-corrected chi connectivity index (χ4v) is 2.82. The minimum atomic E-state index is 0.100. The van der Waals surface area contributed by atoms with Crippen LogP contribution in [0.25, 0.3) is 10.4 Å². The van der Waals surface area contributed by atoms with Crippen LogP contribution in [0.2, 0.25) is 5.02 Å². The van der Waals surface area contributed by atoms with E-state index in [1.54, 1.807) is 18.3 Å². The van der Waals surface area contributed by atoms with Crippen molar-refractivity contribution < 1.29 is 10.2 Å². The van der Waals surface area contributed by atoms with Gasteiger partial charge < -0.3 is 15.5 Å². The number of nitrogens with zero attached hydrogens (tertiary/aromatic N) is 1. The van der Waals surface area contributed by atoms with E-state index in [1.165, 1.54) is 29.5 Å². The summed E-state index contributed by atoms with van der Waals surface area (Å²) in [6.07, 6.45) is 1.65. The monoisotopic (exact) mass is 318 g/mol.